The van der Waals surface area contributed by atoms with E-state index in [1.807, 2.05) is 0 Å². The molecule has 1 nitrogen and oxygen atoms in total. The molecule has 12 aromatic carbocycles. The van der Waals surface area contributed by atoms with Crippen LogP contribution in [-0.2, 0) is 16.2 Å². The third kappa shape index (κ3) is 5.44. The maximum Gasteiger partial charge on any atom is 0.0726 e. The summed E-state index contributed by atoms with van der Waals surface area (Å²) >= 11 is 0. The van der Waals surface area contributed by atoms with E-state index in [0.29, 0.717) is 0 Å². The third-order valence-corrected chi connectivity index (χ3v) is 17.6. The van der Waals surface area contributed by atoms with Gasteiger partial charge in [0.05, 0.1) is 27.6 Å². The Kier molecular flexibility index (Phi) is 9.15. The van der Waals surface area contributed by atoms with Crippen molar-refractivity contribution in [2.45, 2.75) is 16.2 Å². The summed E-state index contributed by atoms with van der Waals surface area (Å²) in [5.41, 5.74) is 27.3. The minimum atomic E-state index is -0.579. The predicted octanol–water partition coefficient (Wildman–Crippen LogP) is 18.2. The van der Waals surface area contributed by atoms with Gasteiger partial charge in [0.15, 0.2) is 0 Å². The Balaban J connectivity index is 1.03. The summed E-state index contributed by atoms with van der Waals surface area (Å²) in [6, 6.07) is 112. The molecule has 0 atom stereocenters. The van der Waals surface area contributed by atoms with Crippen molar-refractivity contribution in [3.8, 4) is 44.5 Å². The molecule has 0 aromatic heterocycles. The van der Waals surface area contributed by atoms with Gasteiger partial charge in [-0.3, -0.25) is 0 Å². The zero-order chi connectivity index (χ0) is 50.0. The Bertz CT molecular complexity index is 4060. The van der Waals surface area contributed by atoms with Crippen molar-refractivity contribution >= 4 is 17.1 Å². The highest BCUT2D eigenvalue weighted by Gasteiger charge is 2.54. The van der Waals surface area contributed by atoms with Crippen LogP contribution >= 0.6 is 0 Å². The van der Waals surface area contributed by atoms with Crippen LogP contribution in [0.15, 0.2) is 297 Å². The molecular formula is C75H49N. The number of rotatable bonds is 7. The molecule has 4 aliphatic carbocycles. The molecule has 0 aliphatic heterocycles. The standard InChI is InChI=1S/C75H49N/c1-5-25-50(26-6-1)73(51-27-7-2-8-28-51)61-38-18-15-35-57(61)60-49-54(47-48-66(60)73)76(69-45-23-43-67-71(69)58-36-16-21-41-64(58)74(67,52-29-9-3-10-30-52)53-31-11-4-12-32-53)70-46-24-44-68-72(70)59-37-17-22-42-65(59)75(68)62-39-19-13-33-55(62)56-34-14-20-40-63(56)75/h1-49H. The molecule has 4 aliphatic rings. The second-order valence-electron chi connectivity index (χ2n) is 20.9. The summed E-state index contributed by atoms with van der Waals surface area (Å²) in [5.74, 6) is 0. The Hall–Kier alpha value is -9.56. The molecule has 1 spiro atoms. The van der Waals surface area contributed by atoms with E-state index >= 15 is 0 Å². The third-order valence-electron chi connectivity index (χ3n) is 17.6. The van der Waals surface area contributed by atoms with Gasteiger partial charge in [-0.25, -0.2) is 0 Å². The first kappa shape index (κ1) is 42.9. The maximum atomic E-state index is 2.64. The van der Waals surface area contributed by atoms with E-state index in [1.165, 1.54) is 111 Å². The summed E-state index contributed by atoms with van der Waals surface area (Å²) in [6.45, 7) is 0. The number of nitrogens with zero attached hydrogens (tertiary/aromatic N) is 1. The van der Waals surface area contributed by atoms with Crippen LogP contribution in [0.25, 0.3) is 44.5 Å². The van der Waals surface area contributed by atoms with Gasteiger partial charge in [-0.1, -0.05) is 273 Å². The maximum absolute atomic E-state index is 2.64. The Labute approximate surface area is 444 Å². The van der Waals surface area contributed by atoms with Crippen LogP contribution in [0.1, 0.15) is 66.8 Å². The Morgan fingerprint density at radius 2 is 0.487 bits per heavy atom. The van der Waals surface area contributed by atoms with Gasteiger partial charge in [-0.15, -0.1) is 0 Å². The van der Waals surface area contributed by atoms with E-state index in [4.69, 9.17) is 0 Å². The van der Waals surface area contributed by atoms with Crippen molar-refractivity contribution < 1.29 is 0 Å². The average Bonchev–Trinajstić information content (AvgIpc) is 4.39. The molecule has 0 saturated heterocycles. The quantitative estimate of drug-likeness (QED) is 0.154. The molecule has 354 valence electrons. The fraction of sp³-hybridized carbons (Fsp3) is 0.0400. The lowest BCUT2D eigenvalue weighted by Crippen LogP contribution is -2.28. The molecule has 0 amide bonds. The monoisotopic (exact) mass is 963 g/mol. The molecule has 0 radical (unpaired) electrons. The summed E-state index contributed by atoms with van der Waals surface area (Å²) < 4.78 is 0. The lowest BCUT2D eigenvalue weighted by molar-refractivity contribution is 0.768. The van der Waals surface area contributed by atoms with Gasteiger partial charge in [0.1, 0.15) is 0 Å². The van der Waals surface area contributed by atoms with E-state index in [0.717, 1.165) is 17.1 Å². The van der Waals surface area contributed by atoms with Crippen molar-refractivity contribution in [1.29, 1.82) is 0 Å². The van der Waals surface area contributed by atoms with Crippen molar-refractivity contribution in [3.63, 3.8) is 0 Å². The van der Waals surface area contributed by atoms with Crippen molar-refractivity contribution in [1.82, 2.24) is 0 Å². The van der Waals surface area contributed by atoms with Crippen LogP contribution in [-0.4, -0.2) is 0 Å². The number of hydrogen-bond donors (Lipinski definition) is 0. The molecule has 76 heavy (non-hydrogen) atoms. The summed E-state index contributed by atoms with van der Waals surface area (Å²) in [4.78, 5) is 2.64. The second-order valence-corrected chi connectivity index (χ2v) is 20.9. The highest BCUT2D eigenvalue weighted by Crippen LogP contribution is 2.67. The molecular weight excluding hydrogens is 915 g/mol. The van der Waals surface area contributed by atoms with Crippen LogP contribution < -0.4 is 4.90 Å². The molecule has 0 unspecified atom stereocenters. The molecule has 0 heterocycles. The van der Waals surface area contributed by atoms with Gasteiger partial charge >= 0.3 is 0 Å². The van der Waals surface area contributed by atoms with Gasteiger partial charge < -0.3 is 4.90 Å². The smallest absolute Gasteiger partial charge is 0.0726 e. The largest absolute Gasteiger partial charge is 0.309 e. The summed E-state index contributed by atoms with van der Waals surface area (Å²) in [7, 11) is 0. The summed E-state index contributed by atoms with van der Waals surface area (Å²) in [5, 5.41) is 0. The fourth-order valence-corrected chi connectivity index (χ4v) is 15.0. The molecule has 16 rings (SSSR count). The van der Waals surface area contributed by atoms with Crippen molar-refractivity contribution in [2.75, 3.05) is 4.90 Å². The highest BCUT2D eigenvalue weighted by atomic mass is 15.1. The first-order valence-corrected chi connectivity index (χ1v) is 26.7. The number of benzene rings is 12. The zero-order valence-corrected chi connectivity index (χ0v) is 41.7. The topological polar surface area (TPSA) is 3.24 Å². The molecule has 0 fully saturated rings. The van der Waals surface area contributed by atoms with Crippen LogP contribution in [0.4, 0.5) is 17.1 Å². The average molecular weight is 964 g/mol. The molecule has 0 saturated carbocycles. The highest BCUT2D eigenvalue weighted by molar-refractivity contribution is 6.05. The number of hydrogen-bond acceptors (Lipinski definition) is 1. The molecule has 0 N–H and O–H groups in total. The Morgan fingerprint density at radius 1 is 0.197 bits per heavy atom. The van der Waals surface area contributed by atoms with Crippen molar-refractivity contribution in [2.24, 2.45) is 0 Å². The Morgan fingerprint density at radius 3 is 0.921 bits per heavy atom. The van der Waals surface area contributed by atoms with Gasteiger partial charge in [-0.05, 0) is 124 Å². The van der Waals surface area contributed by atoms with Crippen LogP contribution in [0, 0.1) is 0 Å². The first-order valence-electron chi connectivity index (χ1n) is 26.7. The SMILES string of the molecule is c1ccc(C2(c3ccccc3)c3ccccc3-c3cc(N(c4cccc5c4-c4ccccc4C5(c4ccccc4)c4ccccc4)c4cccc5c4-c4ccccc4C54c5ccccc5-c5ccccc54)ccc32)cc1. The molecule has 12 aromatic rings. The minimum Gasteiger partial charge on any atom is -0.309 e. The van der Waals surface area contributed by atoms with Crippen molar-refractivity contribution in [3.05, 3.63) is 364 Å². The van der Waals surface area contributed by atoms with E-state index < -0.39 is 16.2 Å². The number of anilines is 3. The van der Waals surface area contributed by atoms with E-state index in [9.17, 15) is 0 Å². The normalized spacial score (nSPS) is 14.6. The summed E-state index contributed by atoms with van der Waals surface area (Å²) in [6.07, 6.45) is 0. The number of fused-ring (bicyclic) bond motifs is 16. The molecule has 0 bridgehead atoms. The zero-order valence-electron chi connectivity index (χ0n) is 41.7. The lowest BCUT2D eigenvalue weighted by Gasteiger charge is -2.35. The van der Waals surface area contributed by atoms with E-state index in [1.54, 1.807) is 0 Å². The van der Waals surface area contributed by atoms with Gasteiger partial charge in [-0.2, -0.15) is 0 Å². The van der Waals surface area contributed by atoms with Crippen LogP contribution in [0.3, 0.4) is 0 Å². The van der Waals surface area contributed by atoms with Crippen LogP contribution in [0.5, 0.6) is 0 Å². The van der Waals surface area contributed by atoms with Crippen LogP contribution in [0.2, 0.25) is 0 Å². The minimum absolute atomic E-state index is 0.510. The van der Waals surface area contributed by atoms with Gasteiger partial charge in [0, 0.05) is 16.8 Å². The molecule has 1 heteroatoms. The van der Waals surface area contributed by atoms with E-state index in [-0.39, 0.29) is 0 Å². The lowest BCUT2D eigenvalue weighted by atomic mass is 9.67. The van der Waals surface area contributed by atoms with Gasteiger partial charge in [0.25, 0.3) is 0 Å². The van der Waals surface area contributed by atoms with E-state index in [2.05, 4.69) is 302 Å². The second kappa shape index (κ2) is 16.2. The first-order chi connectivity index (χ1) is 37.7. The van der Waals surface area contributed by atoms with Gasteiger partial charge in [0.2, 0.25) is 0 Å². The fourth-order valence-electron chi connectivity index (χ4n) is 15.0. The predicted molar refractivity (Wildman–Crippen MR) is 312 cm³/mol.